The highest BCUT2D eigenvalue weighted by Crippen LogP contribution is 2.36. The number of hydrogen-bond acceptors (Lipinski definition) is 2. The van der Waals surface area contributed by atoms with Crippen molar-refractivity contribution in [3.05, 3.63) is 35.6 Å². The van der Waals surface area contributed by atoms with Crippen LogP contribution in [0.25, 0.3) is 0 Å². The van der Waals surface area contributed by atoms with Gasteiger partial charge in [-0.3, -0.25) is 0 Å². The molecule has 0 radical (unpaired) electrons. The van der Waals surface area contributed by atoms with Crippen LogP contribution in [-0.4, -0.2) is 25.0 Å². The van der Waals surface area contributed by atoms with Gasteiger partial charge < -0.3 is 10.6 Å². The van der Waals surface area contributed by atoms with Crippen LogP contribution >= 0.6 is 0 Å². The summed E-state index contributed by atoms with van der Waals surface area (Å²) in [6, 6.07) is 7.68. The normalized spacial score (nSPS) is 26.3. The Labute approximate surface area is 109 Å². The zero-order valence-electron chi connectivity index (χ0n) is 11.3. The lowest BCUT2D eigenvalue weighted by Gasteiger charge is -2.36. The van der Waals surface area contributed by atoms with Gasteiger partial charge in [0, 0.05) is 12.1 Å². The molecule has 1 aromatic rings. The number of nitrogens with zero attached hydrogens (tertiary/aromatic N) is 1. The maximum atomic E-state index is 13.0. The van der Waals surface area contributed by atoms with Crippen molar-refractivity contribution in [1.29, 1.82) is 0 Å². The van der Waals surface area contributed by atoms with Crippen molar-refractivity contribution >= 4 is 0 Å². The van der Waals surface area contributed by atoms with Gasteiger partial charge in [-0.05, 0) is 63.4 Å². The smallest absolute Gasteiger partial charge is 0.123 e. The molecule has 18 heavy (non-hydrogen) atoms. The first-order chi connectivity index (χ1) is 8.58. The largest absolute Gasteiger partial charge is 0.328 e. The molecular weight excluding hydrogens is 227 g/mol. The average Bonchev–Trinajstić information content (AvgIpc) is 2.34. The maximum Gasteiger partial charge on any atom is 0.123 e. The summed E-state index contributed by atoms with van der Waals surface area (Å²) in [4.78, 5) is 2.24. The summed E-state index contributed by atoms with van der Waals surface area (Å²) in [7, 11) is 4.20. The van der Waals surface area contributed by atoms with Crippen LogP contribution < -0.4 is 5.73 Å². The van der Waals surface area contributed by atoms with Gasteiger partial charge in [0.25, 0.3) is 0 Å². The minimum atomic E-state index is -0.165. The third-order valence-corrected chi connectivity index (χ3v) is 4.03. The Bertz CT molecular complexity index is 367. The van der Waals surface area contributed by atoms with Crippen LogP contribution in [0.3, 0.4) is 0 Å². The molecular formula is C15H23FN2. The molecule has 1 saturated carbocycles. The molecule has 2 nitrogen and oxygen atoms in total. The monoisotopic (exact) mass is 250 g/mol. The first kappa shape index (κ1) is 13.5. The topological polar surface area (TPSA) is 29.3 Å². The number of halogens is 1. The second-order valence-electron chi connectivity index (χ2n) is 5.63. The van der Waals surface area contributed by atoms with Gasteiger partial charge in [-0.25, -0.2) is 4.39 Å². The molecule has 0 aromatic heterocycles. The van der Waals surface area contributed by atoms with Gasteiger partial charge in [-0.2, -0.15) is 0 Å². The number of hydrogen-bond donors (Lipinski definition) is 1. The predicted octanol–water partition coefficient (Wildman–Crippen LogP) is 2.95. The summed E-state index contributed by atoms with van der Waals surface area (Å²) in [6.07, 6.45) is 4.55. The van der Waals surface area contributed by atoms with E-state index in [4.69, 9.17) is 5.73 Å². The maximum absolute atomic E-state index is 13.0. The first-order valence-electron chi connectivity index (χ1n) is 6.75. The Morgan fingerprint density at radius 2 is 1.67 bits per heavy atom. The van der Waals surface area contributed by atoms with E-state index in [-0.39, 0.29) is 5.82 Å². The fraction of sp³-hybridized carbons (Fsp3) is 0.600. The van der Waals surface area contributed by atoms with Gasteiger partial charge in [-0.1, -0.05) is 12.1 Å². The van der Waals surface area contributed by atoms with E-state index in [2.05, 4.69) is 19.0 Å². The van der Waals surface area contributed by atoms with Crippen LogP contribution in [0.4, 0.5) is 4.39 Å². The molecule has 1 aliphatic carbocycles. The van der Waals surface area contributed by atoms with Gasteiger partial charge in [0.05, 0.1) is 0 Å². The fourth-order valence-corrected chi connectivity index (χ4v) is 3.11. The molecule has 0 amide bonds. The molecule has 1 atom stereocenters. The van der Waals surface area contributed by atoms with E-state index >= 15 is 0 Å². The van der Waals surface area contributed by atoms with E-state index in [0.29, 0.717) is 18.0 Å². The predicted molar refractivity (Wildman–Crippen MR) is 72.8 cm³/mol. The van der Waals surface area contributed by atoms with E-state index in [1.165, 1.54) is 18.4 Å². The van der Waals surface area contributed by atoms with E-state index < -0.39 is 0 Å². The molecule has 2 N–H and O–H groups in total. The Hall–Kier alpha value is -0.930. The SMILES string of the molecule is CN(C)C(c1ccc(F)cc1)C1CCC(N)CC1. The van der Waals surface area contributed by atoms with Crippen LogP contribution in [0.5, 0.6) is 0 Å². The molecule has 0 saturated heterocycles. The minimum Gasteiger partial charge on any atom is -0.328 e. The van der Waals surface area contributed by atoms with Gasteiger partial charge in [0.2, 0.25) is 0 Å². The Kier molecular flexibility index (Phi) is 4.36. The molecule has 1 aliphatic rings. The molecule has 100 valence electrons. The number of nitrogens with two attached hydrogens (primary N) is 1. The summed E-state index contributed by atoms with van der Waals surface area (Å²) >= 11 is 0. The zero-order valence-corrected chi connectivity index (χ0v) is 11.3. The summed E-state index contributed by atoms with van der Waals surface area (Å²) in [5.74, 6) is 0.465. The average molecular weight is 250 g/mol. The lowest BCUT2D eigenvalue weighted by Crippen LogP contribution is -2.34. The molecule has 1 fully saturated rings. The van der Waals surface area contributed by atoms with Gasteiger partial charge >= 0.3 is 0 Å². The summed E-state index contributed by atoms with van der Waals surface area (Å²) < 4.78 is 13.0. The molecule has 0 spiro atoms. The van der Waals surface area contributed by atoms with Crippen molar-refractivity contribution in [2.75, 3.05) is 14.1 Å². The van der Waals surface area contributed by atoms with Crippen molar-refractivity contribution in [3.63, 3.8) is 0 Å². The zero-order chi connectivity index (χ0) is 13.1. The Balaban J connectivity index is 2.15. The molecule has 3 heteroatoms. The molecule has 0 bridgehead atoms. The fourth-order valence-electron chi connectivity index (χ4n) is 3.11. The van der Waals surface area contributed by atoms with Crippen LogP contribution in [0, 0.1) is 11.7 Å². The highest BCUT2D eigenvalue weighted by molar-refractivity contribution is 5.21. The van der Waals surface area contributed by atoms with Gasteiger partial charge in [0.15, 0.2) is 0 Å². The van der Waals surface area contributed by atoms with E-state index in [9.17, 15) is 4.39 Å². The molecule has 2 rings (SSSR count). The first-order valence-corrected chi connectivity index (χ1v) is 6.75. The van der Waals surface area contributed by atoms with E-state index in [1.807, 2.05) is 12.1 Å². The van der Waals surface area contributed by atoms with Crippen molar-refractivity contribution in [1.82, 2.24) is 4.90 Å². The second-order valence-corrected chi connectivity index (χ2v) is 5.63. The van der Waals surface area contributed by atoms with Crippen LogP contribution in [-0.2, 0) is 0 Å². The second kappa shape index (κ2) is 5.81. The molecule has 1 aromatic carbocycles. The summed E-state index contributed by atoms with van der Waals surface area (Å²) in [5.41, 5.74) is 7.18. The third-order valence-electron chi connectivity index (χ3n) is 4.03. The lowest BCUT2D eigenvalue weighted by molar-refractivity contribution is 0.164. The standard InChI is InChI=1S/C15H23FN2/c1-18(2)15(11-3-7-13(16)8-4-11)12-5-9-14(17)10-6-12/h3-4,7-8,12,14-15H,5-6,9-10,17H2,1-2H3. The minimum absolute atomic E-state index is 0.165. The lowest BCUT2D eigenvalue weighted by atomic mass is 9.79. The number of benzene rings is 1. The van der Waals surface area contributed by atoms with Gasteiger partial charge in [0.1, 0.15) is 5.82 Å². The third kappa shape index (κ3) is 3.09. The number of rotatable bonds is 3. The quantitative estimate of drug-likeness (QED) is 0.893. The van der Waals surface area contributed by atoms with Crippen molar-refractivity contribution in [2.45, 2.75) is 37.8 Å². The van der Waals surface area contributed by atoms with Crippen LogP contribution in [0.15, 0.2) is 24.3 Å². The van der Waals surface area contributed by atoms with E-state index in [1.54, 1.807) is 12.1 Å². The van der Waals surface area contributed by atoms with Crippen molar-refractivity contribution in [3.8, 4) is 0 Å². The summed E-state index contributed by atoms with van der Waals surface area (Å²) in [6.45, 7) is 0. The Morgan fingerprint density at radius 1 is 1.11 bits per heavy atom. The van der Waals surface area contributed by atoms with Crippen LogP contribution in [0.1, 0.15) is 37.3 Å². The molecule has 0 heterocycles. The molecule has 0 aliphatic heterocycles. The van der Waals surface area contributed by atoms with Gasteiger partial charge in [-0.15, -0.1) is 0 Å². The van der Waals surface area contributed by atoms with Crippen molar-refractivity contribution in [2.24, 2.45) is 11.7 Å². The van der Waals surface area contributed by atoms with Crippen LogP contribution in [0.2, 0.25) is 0 Å². The Morgan fingerprint density at radius 3 is 2.17 bits per heavy atom. The van der Waals surface area contributed by atoms with E-state index in [0.717, 1.165) is 12.8 Å². The molecule has 1 unspecified atom stereocenters. The highest BCUT2D eigenvalue weighted by Gasteiger charge is 2.28. The van der Waals surface area contributed by atoms with Crippen molar-refractivity contribution < 1.29 is 4.39 Å². The highest BCUT2D eigenvalue weighted by atomic mass is 19.1. The summed E-state index contributed by atoms with van der Waals surface area (Å²) in [5, 5.41) is 0.